The first kappa shape index (κ1) is 23.1. The van der Waals surface area contributed by atoms with Crippen LogP contribution >= 0.6 is 12.4 Å². The van der Waals surface area contributed by atoms with Crippen LogP contribution in [0.4, 0.5) is 10.5 Å². The van der Waals surface area contributed by atoms with Crippen LogP contribution < -0.4 is 5.32 Å². The van der Waals surface area contributed by atoms with Gasteiger partial charge in [0.25, 0.3) is 0 Å². The number of piperidine rings is 1. The number of halogens is 1. The second kappa shape index (κ2) is 10.4. The lowest BCUT2D eigenvalue weighted by Gasteiger charge is -2.34. The third kappa shape index (κ3) is 7.67. The fourth-order valence-corrected chi connectivity index (χ4v) is 3.18. The molecule has 1 amide bonds. The Morgan fingerprint density at radius 2 is 1.85 bits per heavy atom. The zero-order valence-electron chi connectivity index (χ0n) is 16.4. The quantitative estimate of drug-likeness (QED) is 0.689. The number of ether oxygens (including phenoxy) is 1. The molecule has 1 heterocycles. The number of carboxylic acids is 1. The van der Waals surface area contributed by atoms with Gasteiger partial charge in [0.1, 0.15) is 5.60 Å². The van der Waals surface area contributed by atoms with Gasteiger partial charge in [0.2, 0.25) is 0 Å². The van der Waals surface area contributed by atoms with E-state index in [-0.39, 0.29) is 24.9 Å². The van der Waals surface area contributed by atoms with Crippen molar-refractivity contribution in [1.29, 1.82) is 0 Å². The Bertz CT molecular complexity index is 623. The van der Waals surface area contributed by atoms with Crippen molar-refractivity contribution in [3.05, 3.63) is 29.8 Å². The van der Waals surface area contributed by atoms with Gasteiger partial charge in [0.15, 0.2) is 0 Å². The van der Waals surface area contributed by atoms with E-state index in [0.717, 1.165) is 18.5 Å². The summed E-state index contributed by atoms with van der Waals surface area (Å²) in [5.41, 5.74) is 1.83. The molecule has 1 fully saturated rings. The van der Waals surface area contributed by atoms with E-state index in [1.807, 2.05) is 39.0 Å². The summed E-state index contributed by atoms with van der Waals surface area (Å²) in [5, 5.41) is 12.1. The minimum atomic E-state index is -0.769. The highest BCUT2D eigenvalue weighted by Gasteiger charge is 2.28. The summed E-state index contributed by atoms with van der Waals surface area (Å²) in [4.78, 5) is 24.6. The number of hydrogen-bond donors (Lipinski definition) is 2. The normalized spacial score (nSPS) is 15.0. The Hall–Kier alpha value is -1.95. The molecule has 6 nitrogen and oxygen atoms in total. The van der Waals surface area contributed by atoms with E-state index in [2.05, 4.69) is 11.4 Å². The van der Waals surface area contributed by atoms with Gasteiger partial charge in [-0.1, -0.05) is 18.2 Å². The topological polar surface area (TPSA) is 78.9 Å². The minimum Gasteiger partial charge on any atom is -0.481 e. The number of nitrogens with zero attached hydrogens (tertiary/aromatic N) is 1. The third-order valence-electron chi connectivity index (χ3n) is 4.43. The molecule has 2 rings (SSSR count). The molecule has 0 bridgehead atoms. The molecule has 0 aromatic heterocycles. The molecule has 27 heavy (non-hydrogen) atoms. The number of carboxylic acid groups (broad SMARTS) is 1. The van der Waals surface area contributed by atoms with Crippen LogP contribution in [0.2, 0.25) is 0 Å². The van der Waals surface area contributed by atoms with Gasteiger partial charge < -0.3 is 20.1 Å². The first-order valence-corrected chi connectivity index (χ1v) is 9.29. The van der Waals surface area contributed by atoms with E-state index in [4.69, 9.17) is 9.84 Å². The summed E-state index contributed by atoms with van der Waals surface area (Å²) in [7, 11) is 0. The van der Waals surface area contributed by atoms with Gasteiger partial charge in [-0.05, 0) is 57.6 Å². The predicted molar refractivity (Wildman–Crippen MR) is 109 cm³/mol. The number of benzene rings is 1. The Morgan fingerprint density at radius 3 is 2.44 bits per heavy atom. The van der Waals surface area contributed by atoms with Gasteiger partial charge in [0.05, 0.1) is 0 Å². The second-order valence-corrected chi connectivity index (χ2v) is 7.75. The molecule has 0 spiro atoms. The zero-order chi connectivity index (χ0) is 19.2. The highest BCUT2D eigenvalue weighted by molar-refractivity contribution is 5.85. The summed E-state index contributed by atoms with van der Waals surface area (Å²) in [6, 6.07) is 8.17. The number of carbonyl (C=O) groups excluding carboxylic acids is 1. The monoisotopic (exact) mass is 398 g/mol. The number of likely N-dealkylation sites (tertiary alicyclic amines) is 1. The van der Waals surface area contributed by atoms with E-state index < -0.39 is 11.6 Å². The van der Waals surface area contributed by atoms with E-state index in [0.29, 0.717) is 32.0 Å². The summed E-state index contributed by atoms with van der Waals surface area (Å²) in [5.74, 6) is -0.383. The number of rotatable bonds is 6. The van der Waals surface area contributed by atoms with Gasteiger partial charge in [-0.15, -0.1) is 12.4 Å². The maximum Gasteiger partial charge on any atom is 0.410 e. The van der Waals surface area contributed by atoms with Crippen LogP contribution in [-0.4, -0.2) is 47.3 Å². The van der Waals surface area contributed by atoms with Crippen molar-refractivity contribution < 1.29 is 19.4 Å². The van der Waals surface area contributed by atoms with Crippen LogP contribution in [0.1, 0.15) is 57.9 Å². The standard InChI is InChI=1S/C20H30N2O4.ClH/c1-20(2,3)26-19(25)22-13-10-15(11-14-22)16-7-4-5-8-17(16)21-12-6-9-18(23)24;/h4-5,7-8,15,21H,6,9-14H2,1-3H3,(H,23,24);1H. The van der Waals surface area contributed by atoms with Crippen LogP contribution in [0.5, 0.6) is 0 Å². The molecule has 152 valence electrons. The maximum atomic E-state index is 12.2. The number of carbonyl (C=O) groups is 2. The molecular weight excluding hydrogens is 368 g/mol. The van der Waals surface area contributed by atoms with Gasteiger partial charge >= 0.3 is 12.1 Å². The number of nitrogens with one attached hydrogen (secondary N) is 1. The molecule has 1 saturated heterocycles. The van der Waals surface area contributed by atoms with Crippen molar-refractivity contribution in [3.63, 3.8) is 0 Å². The Morgan fingerprint density at radius 1 is 1.22 bits per heavy atom. The van der Waals surface area contributed by atoms with E-state index in [1.54, 1.807) is 4.90 Å². The Balaban J connectivity index is 0.00000364. The SMILES string of the molecule is CC(C)(C)OC(=O)N1CCC(c2ccccc2NCCCC(=O)O)CC1.Cl. The van der Waals surface area contributed by atoms with E-state index in [9.17, 15) is 9.59 Å². The van der Waals surface area contributed by atoms with Crippen molar-refractivity contribution >= 4 is 30.2 Å². The van der Waals surface area contributed by atoms with Gasteiger partial charge in [-0.2, -0.15) is 0 Å². The number of para-hydroxylation sites is 1. The van der Waals surface area contributed by atoms with Gasteiger partial charge in [-0.25, -0.2) is 4.79 Å². The zero-order valence-corrected chi connectivity index (χ0v) is 17.2. The molecular formula is C20H31ClN2O4. The van der Waals surface area contributed by atoms with Crippen molar-refractivity contribution in [2.45, 2.75) is 58.0 Å². The molecule has 0 saturated carbocycles. The van der Waals surface area contributed by atoms with Crippen LogP contribution in [-0.2, 0) is 9.53 Å². The molecule has 0 radical (unpaired) electrons. The number of aliphatic carboxylic acids is 1. The highest BCUT2D eigenvalue weighted by atomic mass is 35.5. The first-order chi connectivity index (χ1) is 12.3. The summed E-state index contributed by atoms with van der Waals surface area (Å²) < 4.78 is 5.45. The van der Waals surface area contributed by atoms with Crippen LogP contribution in [0.15, 0.2) is 24.3 Å². The minimum absolute atomic E-state index is 0. The lowest BCUT2D eigenvalue weighted by atomic mass is 9.88. The average molecular weight is 399 g/mol. The molecule has 1 aromatic carbocycles. The molecule has 1 aliphatic heterocycles. The molecule has 2 N–H and O–H groups in total. The fourth-order valence-electron chi connectivity index (χ4n) is 3.18. The predicted octanol–water partition coefficient (Wildman–Crippen LogP) is 4.50. The molecule has 0 aliphatic carbocycles. The molecule has 0 atom stereocenters. The maximum absolute atomic E-state index is 12.2. The smallest absolute Gasteiger partial charge is 0.410 e. The lowest BCUT2D eigenvalue weighted by molar-refractivity contribution is -0.137. The van der Waals surface area contributed by atoms with Crippen LogP contribution in [0.25, 0.3) is 0 Å². The van der Waals surface area contributed by atoms with E-state index >= 15 is 0 Å². The lowest BCUT2D eigenvalue weighted by Crippen LogP contribution is -2.41. The van der Waals surface area contributed by atoms with Gasteiger partial charge in [0, 0.05) is 31.7 Å². The van der Waals surface area contributed by atoms with Crippen molar-refractivity contribution in [2.75, 3.05) is 25.0 Å². The van der Waals surface area contributed by atoms with Crippen molar-refractivity contribution in [3.8, 4) is 0 Å². The number of hydrogen-bond acceptors (Lipinski definition) is 4. The average Bonchev–Trinajstić information content (AvgIpc) is 2.57. The third-order valence-corrected chi connectivity index (χ3v) is 4.43. The number of amides is 1. The van der Waals surface area contributed by atoms with Crippen LogP contribution in [0.3, 0.4) is 0 Å². The van der Waals surface area contributed by atoms with Gasteiger partial charge in [-0.3, -0.25) is 4.79 Å². The molecule has 0 unspecified atom stereocenters. The Kier molecular flexibility index (Phi) is 8.89. The highest BCUT2D eigenvalue weighted by Crippen LogP contribution is 2.33. The van der Waals surface area contributed by atoms with Crippen molar-refractivity contribution in [1.82, 2.24) is 4.90 Å². The largest absolute Gasteiger partial charge is 0.481 e. The first-order valence-electron chi connectivity index (χ1n) is 9.29. The van der Waals surface area contributed by atoms with Crippen molar-refractivity contribution in [2.24, 2.45) is 0 Å². The fraction of sp³-hybridized carbons (Fsp3) is 0.600. The summed E-state index contributed by atoms with van der Waals surface area (Å²) >= 11 is 0. The Labute approximate surface area is 167 Å². The molecule has 1 aromatic rings. The summed E-state index contributed by atoms with van der Waals surface area (Å²) in [6.45, 7) is 7.65. The number of anilines is 1. The van der Waals surface area contributed by atoms with Crippen LogP contribution in [0, 0.1) is 0 Å². The molecule has 7 heteroatoms. The summed E-state index contributed by atoms with van der Waals surface area (Å²) in [6.07, 6.45) is 2.32. The second-order valence-electron chi connectivity index (χ2n) is 7.75. The van der Waals surface area contributed by atoms with E-state index in [1.165, 1.54) is 5.56 Å². The molecule has 1 aliphatic rings.